The number of nitrogens with two attached hydrogens (primary N) is 2. The predicted octanol–water partition coefficient (Wildman–Crippen LogP) is 4.48. The standard InChI is InChI=1S/C15H24F6N6/c1-3-15(4-2,8(6-23)27-25)14(21)13(20)12(19)11(18)10(17)9(16)7(5-22)26-24/h5-6,9-14,24-25H,3-4,22-23H2,1-2H3/b7-5-,8-6-,26-24?,27-25?. The molecule has 0 aromatic rings. The van der Waals surface area contributed by atoms with E-state index in [2.05, 4.69) is 10.2 Å². The molecule has 0 aromatic carbocycles. The fourth-order valence-corrected chi connectivity index (χ4v) is 2.79. The zero-order valence-electron chi connectivity index (χ0n) is 14.8. The molecule has 0 saturated heterocycles. The molecule has 0 amide bonds. The lowest BCUT2D eigenvalue weighted by atomic mass is 9.72. The van der Waals surface area contributed by atoms with Crippen molar-refractivity contribution in [2.75, 3.05) is 0 Å². The van der Waals surface area contributed by atoms with Crippen molar-refractivity contribution < 1.29 is 26.3 Å². The zero-order valence-corrected chi connectivity index (χ0v) is 14.8. The van der Waals surface area contributed by atoms with Gasteiger partial charge in [-0.05, 0) is 12.8 Å². The van der Waals surface area contributed by atoms with E-state index in [9.17, 15) is 26.3 Å². The average molecular weight is 402 g/mol. The van der Waals surface area contributed by atoms with Gasteiger partial charge in [-0.25, -0.2) is 37.4 Å². The number of rotatable bonds is 12. The van der Waals surface area contributed by atoms with Crippen LogP contribution in [0.2, 0.25) is 0 Å². The maximum atomic E-state index is 14.8. The molecule has 0 saturated carbocycles. The molecule has 6 unspecified atom stereocenters. The highest BCUT2D eigenvalue weighted by atomic mass is 19.2. The lowest BCUT2D eigenvalue weighted by Crippen LogP contribution is -2.48. The highest BCUT2D eigenvalue weighted by Gasteiger charge is 2.51. The van der Waals surface area contributed by atoms with Gasteiger partial charge in [0.05, 0.1) is 5.70 Å². The smallest absolute Gasteiger partial charge is 0.179 e. The summed E-state index contributed by atoms with van der Waals surface area (Å²) in [6.45, 7) is 2.81. The van der Waals surface area contributed by atoms with E-state index in [-0.39, 0.29) is 18.5 Å². The van der Waals surface area contributed by atoms with Crippen LogP contribution in [0.25, 0.3) is 0 Å². The van der Waals surface area contributed by atoms with Crippen LogP contribution in [0.15, 0.2) is 34.0 Å². The van der Waals surface area contributed by atoms with Crippen molar-refractivity contribution in [2.24, 2.45) is 27.1 Å². The van der Waals surface area contributed by atoms with Gasteiger partial charge in [-0.1, -0.05) is 13.8 Å². The molecule has 156 valence electrons. The van der Waals surface area contributed by atoms with Crippen LogP contribution in [0.1, 0.15) is 26.7 Å². The minimum Gasteiger partial charge on any atom is -0.403 e. The molecule has 12 heteroatoms. The van der Waals surface area contributed by atoms with Crippen molar-refractivity contribution in [1.82, 2.24) is 0 Å². The third-order valence-corrected chi connectivity index (χ3v) is 4.63. The Morgan fingerprint density at radius 3 is 1.67 bits per heavy atom. The quantitative estimate of drug-likeness (QED) is 0.284. The molecule has 0 aliphatic rings. The summed E-state index contributed by atoms with van der Waals surface area (Å²) in [6, 6.07) is 0. The third kappa shape index (κ3) is 4.98. The molecule has 6 nitrogen and oxygen atoms in total. The Kier molecular flexibility index (Phi) is 10.0. The van der Waals surface area contributed by atoms with E-state index in [1.165, 1.54) is 13.8 Å². The molecule has 0 aromatic heterocycles. The van der Waals surface area contributed by atoms with E-state index in [0.29, 0.717) is 6.20 Å². The summed E-state index contributed by atoms with van der Waals surface area (Å²) in [5.74, 6) is 0. The third-order valence-electron chi connectivity index (χ3n) is 4.63. The molecule has 27 heavy (non-hydrogen) atoms. The van der Waals surface area contributed by atoms with Gasteiger partial charge in [0.2, 0.25) is 0 Å². The lowest BCUT2D eigenvalue weighted by Gasteiger charge is -2.37. The Morgan fingerprint density at radius 2 is 1.33 bits per heavy atom. The summed E-state index contributed by atoms with van der Waals surface area (Å²) in [5, 5.41) is 5.53. The number of alkyl halides is 6. The van der Waals surface area contributed by atoms with E-state index in [4.69, 9.17) is 22.5 Å². The Balaban J connectivity index is 5.65. The molecule has 0 spiro atoms. The van der Waals surface area contributed by atoms with E-state index in [1.54, 1.807) is 0 Å². The van der Waals surface area contributed by atoms with Gasteiger partial charge in [0.25, 0.3) is 0 Å². The van der Waals surface area contributed by atoms with Crippen LogP contribution in [-0.4, -0.2) is 37.0 Å². The predicted molar refractivity (Wildman–Crippen MR) is 87.2 cm³/mol. The van der Waals surface area contributed by atoms with Gasteiger partial charge in [-0.2, -0.15) is 10.2 Å². The van der Waals surface area contributed by atoms with Crippen molar-refractivity contribution in [3.8, 4) is 0 Å². The molecule has 0 bridgehead atoms. The number of nitrogens with zero attached hydrogens (tertiary/aromatic N) is 2. The van der Waals surface area contributed by atoms with Crippen LogP contribution in [0.4, 0.5) is 26.3 Å². The maximum absolute atomic E-state index is 14.8. The molecular weight excluding hydrogens is 378 g/mol. The first-order valence-electron chi connectivity index (χ1n) is 8.06. The highest BCUT2D eigenvalue weighted by Crippen LogP contribution is 2.44. The summed E-state index contributed by atoms with van der Waals surface area (Å²) in [5.41, 5.74) is 20.5. The van der Waals surface area contributed by atoms with Crippen LogP contribution in [0.5, 0.6) is 0 Å². The van der Waals surface area contributed by atoms with Crippen LogP contribution >= 0.6 is 0 Å². The Labute approximate surface area is 153 Å². The van der Waals surface area contributed by atoms with Gasteiger partial charge in [-0.15, -0.1) is 0 Å². The fourth-order valence-electron chi connectivity index (χ4n) is 2.79. The summed E-state index contributed by atoms with van der Waals surface area (Å²) in [4.78, 5) is 0. The first-order valence-corrected chi connectivity index (χ1v) is 8.06. The zero-order chi connectivity index (χ0) is 21.4. The van der Waals surface area contributed by atoms with E-state index in [1.807, 2.05) is 0 Å². The molecule has 0 heterocycles. The molecular formula is C15H24F6N6. The average Bonchev–Trinajstić information content (AvgIpc) is 2.69. The van der Waals surface area contributed by atoms with E-state index in [0.717, 1.165) is 6.20 Å². The van der Waals surface area contributed by atoms with Gasteiger partial charge in [0.15, 0.2) is 30.9 Å². The lowest BCUT2D eigenvalue weighted by molar-refractivity contribution is -0.0436. The van der Waals surface area contributed by atoms with Crippen molar-refractivity contribution in [2.45, 2.75) is 63.7 Å². The van der Waals surface area contributed by atoms with Gasteiger partial charge in [0.1, 0.15) is 11.9 Å². The van der Waals surface area contributed by atoms with Gasteiger partial charge in [-0.3, -0.25) is 0 Å². The number of halogens is 6. The SMILES string of the molecule is CCC(CC)(/C(=C/N)N=N)C(F)C(F)C(F)C(F)C(F)C(F)/C(=C/N)N=N. The van der Waals surface area contributed by atoms with Gasteiger partial charge >= 0.3 is 0 Å². The van der Waals surface area contributed by atoms with Crippen molar-refractivity contribution in [3.63, 3.8) is 0 Å². The minimum atomic E-state index is -3.39. The van der Waals surface area contributed by atoms with Crippen molar-refractivity contribution >= 4 is 0 Å². The molecule has 0 rings (SSSR count). The minimum absolute atomic E-state index is 0.164. The number of nitrogens with one attached hydrogen (secondary N) is 2. The Morgan fingerprint density at radius 1 is 0.852 bits per heavy atom. The second-order valence-corrected chi connectivity index (χ2v) is 5.81. The fraction of sp³-hybridized carbons (Fsp3) is 0.733. The van der Waals surface area contributed by atoms with Crippen LogP contribution in [0.3, 0.4) is 0 Å². The number of hydrogen-bond acceptors (Lipinski definition) is 6. The van der Waals surface area contributed by atoms with Crippen LogP contribution in [0, 0.1) is 16.5 Å². The van der Waals surface area contributed by atoms with E-state index >= 15 is 0 Å². The normalized spacial score (nSPS) is 20.3. The van der Waals surface area contributed by atoms with Crippen LogP contribution < -0.4 is 11.5 Å². The monoisotopic (exact) mass is 402 g/mol. The van der Waals surface area contributed by atoms with Crippen molar-refractivity contribution in [3.05, 3.63) is 23.8 Å². The first kappa shape index (κ1) is 24.9. The van der Waals surface area contributed by atoms with E-state index < -0.39 is 48.1 Å². The molecule has 0 radical (unpaired) electrons. The number of hydrogen-bond donors (Lipinski definition) is 4. The number of allylic oxidation sites excluding steroid dienone is 2. The maximum Gasteiger partial charge on any atom is 0.179 e. The largest absolute Gasteiger partial charge is 0.403 e. The molecule has 6 atom stereocenters. The second-order valence-electron chi connectivity index (χ2n) is 5.81. The summed E-state index contributed by atoms with van der Waals surface area (Å²) in [6.07, 6.45) is -18.1. The van der Waals surface area contributed by atoms with Gasteiger partial charge < -0.3 is 11.5 Å². The van der Waals surface area contributed by atoms with Gasteiger partial charge in [0, 0.05) is 17.8 Å². The summed E-state index contributed by atoms with van der Waals surface area (Å²) < 4.78 is 84.8. The Bertz CT molecular complexity index is 553. The molecule has 0 aliphatic carbocycles. The topological polar surface area (TPSA) is 124 Å². The highest BCUT2D eigenvalue weighted by molar-refractivity contribution is 5.16. The van der Waals surface area contributed by atoms with Crippen molar-refractivity contribution in [1.29, 1.82) is 11.1 Å². The second kappa shape index (κ2) is 10.9. The molecule has 0 fully saturated rings. The molecule has 6 N–H and O–H groups in total. The van der Waals surface area contributed by atoms with Crippen LogP contribution in [-0.2, 0) is 0 Å². The summed E-state index contributed by atoms with van der Waals surface area (Å²) in [7, 11) is 0. The summed E-state index contributed by atoms with van der Waals surface area (Å²) >= 11 is 0. The molecule has 0 aliphatic heterocycles. The Hall–Kier alpha value is -2.14. The first-order chi connectivity index (χ1) is 12.6.